The Bertz CT molecular complexity index is 715. The maximum absolute atomic E-state index is 12.6. The van der Waals surface area contributed by atoms with E-state index in [1.165, 1.54) is 4.80 Å². The molecule has 128 valence electrons. The van der Waals surface area contributed by atoms with Gasteiger partial charge in [0.15, 0.2) is 0 Å². The van der Waals surface area contributed by atoms with Crippen molar-refractivity contribution in [2.24, 2.45) is 7.05 Å². The van der Waals surface area contributed by atoms with Crippen molar-refractivity contribution in [3.05, 3.63) is 29.8 Å². The molecule has 1 atom stereocenters. The molecule has 0 aliphatic carbocycles. The molecule has 8 heteroatoms. The van der Waals surface area contributed by atoms with Crippen LogP contribution in [0.5, 0.6) is 0 Å². The first kappa shape index (κ1) is 16.5. The minimum atomic E-state index is -1.07. The van der Waals surface area contributed by atoms with Crippen LogP contribution in [0.4, 0.5) is 0 Å². The highest BCUT2D eigenvalue weighted by Crippen LogP contribution is 2.23. The number of aliphatic hydroxyl groups excluding tert-OH is 1. The van der Waals surface area contributed by atoms with Crippen LogP contribution in [0, 0.1) is 0 Å². The standard InChI is InChI=1S/C16H21N5O3/c1-20-18-14(17-19-20)12-3-5-13(6-4-12)15(23)21-9-2-7-16(24,11-22)8-10-21/h3-6,22,24H,2,7-11H2,1H3. The Hall–Kier alpha value is -2.32. The fraction of sp³-hybridized carbons (Fsp3) is 0.500. The predicted octanol–water partition coefficient (Wildman–Crippen LogP) is 0.227. The van der Waals surface area contributed by atoms with Crippen LogP contribution >= 0.6 is 0 Å². The molecule has 1 unspecified atom stereocenters. The van der Waals surface area contributed by atoms with E-state index in [1.807, 2.05) is 0 Å². The van der Waals surface area contributed by atoms with E-state index in [1.54, 1.807) is 36.2 Å². The molecular weight excluding hydrogens is 310 g/mol. The van der Waals surface area contributed by atoms with Gasteiger partial charge in [-0.1, -0.05) is 12.1 Å². The summed E-state index contributed by atoms with van der Waals surface area (Å²) >= 11 is 0. The summed E-state index contributed by atoms with van der Waals surface area (Å²) in [6.45, 7) is 0.743. The topological polar surface area (TPSA) is 104 Å². The van der Waals surface area contributed by atoms with Crippen molar-refractivity contribution in [1.82, 2.24) is 25.1 Å². The maximum atomic E-state index is 12.6. The molecular formula is C16H21N5O3. The van der Waals surface area contributed by atoms with Crippen LogP contribution in [0.2, 0.25) is 0 Å². The van der Waals surface area contributed by atoms with E-state index in [0.717, 1.165) is 5.56 Å². The highest BCUT2D eigenvalue weighted by atomic mass is 16.3. The summed E-state index contributed by atoms with van der Waals surface area (Å²) in [6.07, 6.45) is 1.56. The average molecular weight is 331 g/mol. The second kappa shape index (κ2) is 6.66. The van der Waals surface area contributed by atoms with Crippen LogP contribution in [0.25, 0.3) is 11.4 Å². The lowest BCUT2D eigenvalue weighted by Gasteiger charge is -2.24. The Labute approximate surface area is 139 Å². The molecule has 2 N–H and O–H groups in total. The van der Waals surface area contributed by atoms with Gasteiger partial charge in [0.25, 0.3) is 5.91 Å². The molecule has 2 heterocycles. The molecule has 2 aromatic rings. The normalized spacial score (nSPS) is 21.5. The summed E-state index contributed by atoms with van der Waals surface area (Å²) < 4.78 is 0. The number of aromatic nitrogens is 4. The van der Waals surface area contributed by atoms with Crippen LogP contribution < -0.4 is 0 Å². The van der Waals surface area contributed by atoms with Crippen LogP contribution in [0.3, 0.4) is 0 Å². The number of carbonyl (C=O) groups excluding carboxylic acids is 1. The number of carbonyl (C=O) groups is 1. The lowest BCUT2D eigenvalue weighted by atomic mass is 9.96. The van der Waals surface area contributed by atoms with Gasteiger partial charge in [-0.25, -0.2) is 0 Å². The van der Waals surface area contributed by atoms with Crippen LogP contribution in [0.1, 0.15) is 29.6 Å². The molecule has 0 spiro atoms. The van der Waals surface area contributed by atoms with Gasteiger partial charge in [-0.2, -0.15) is 4.80 Å². The molecule has 1 aliphatic heterocycles. The zero-order chi connectivity index (χ0) is 17.2. The molecule has 1 amide bonds. The van der Waals surface area contributed by atoms with Gasteiger partial charge in [-0.3, -0.25) is 4.79 Å². The fourth-order valence-corrected chi connectivity index (χ4v) is 2.88. The number of aryl methyl sites for hydroxylation is 1. The molecule has 1 fully saturated rings. The van der Waals surface area contributed by atoms with Crippen molar-refractivity contribution in [2.75, 3.05) is 19.7 Å². The third kappa shape index (κ3) is 3.44. The van der Waals surface area contributed by atoms with Crippen molar-refractivity contribution < 1.29 is 15.0 Å². The summed E-state index contributed by atoms with van der Waals surface area (Å²) in [5.74, 6) is 0.440. The number of likely N-dealkylation sites (tertiary alicyclic amines) is 1. The van der Waals surface area contributed by atoms with Gasteiger partial charge in [0.05, 0.1) is 19.3 Å². The van der Waals surface area contributed by atoms with E-state index >= 15 is 0 Å². The smallest absolute Gasteiger partial charge is 0.253 e. The number of amides is 1. The SMILES string of the molecule is Cn1nnc(-c2ccc(C(=O)N3CCCC(O)(CO)CC3)cc2)n1. The highest BCUT2D eigenvalue weighted by Gasteiger charge is 2.31. The Morgan fingerprint density at radius 3 is 2.62 bits per heavy atom. The minimum Gasteiger partial charge on any atom is -0.393 e. The highest BCUT2D eigenvalue weighted by molar-refractivity contribution is 5.94. The summed E-state index contributed by atoms with van der Waals surface area (Å²) in [5.41, 5.74) is 0.304. The van der Waals surface area contributed by atoms with E-state index in [9.17, 15) is 15.0 Å². The molecule has 1 aliphatic rings. The number of nitrogens with zero attached hydrogens (tertiary/aromatic N) is 5. The lowest BCUT2D eigenvalue weighted by molar-refractivity contribution is -0.0250. The van der Waals surface area contributed by atoms with Crippen molar-refractivity contribution in [3.63, 3.8) is 0 Å². The van der Waals surface area contributed by atoms with Gasteiger partial charge in [0.1, 0.15) is 0 Å². The zero-order valence-electron chi connectivity index (χ0n) is 13.6. The Morgan fingerprint density at radius 1 is 1.25 bits per heavy atom. The molecule has 1 saturated heterocycles. The van der Waals surface area contributed by atoms with E-state index in [2.05, 4.69) is 15.4 Å². The quantitative estimate of drug-likeness (QED) is 0.834. The Morgan fingerprint density at radius 2 is 2.00 bits per heavy atom. The van der Waals surface area contributed by atoms with Crippen molar-refractivity contribution in [3.8, 4) is 11.4 Å². The van der Waals surface area contributed by atoms with Gasteiger partial charge < -0.3 is 15.1 Å². The van der Waals surface area contributed by atoms with E-state index in [0.29, 0.717) is 43.7 Å². The van der Waals surface area contributed by atoms with Gasteiger partial charge in [-0.05, 0) is 36.6 Å². The van der Waals surface area contributed by atoms with Gasteiger partial charge >= 0.3 is 0 Å². The largest absolute Gasteiger partial charge is 0.393 e. The minimum absolute atomic E-state index is 0.0733. The van der Waals surface area contributed by atoms with Gasteiger partial charge in [0.2, 0.25) is 5.82 Å². The molecule has 0 bridgehead atoms. The van der Waals surface area contributed by atoms with Gasteiger partial charge in [-0.15, -0.1) is 10.2 Å². The third-order valence-corrected chi connectivity index (χ3v) is 4.40. The summed E-state index contributed by atoms with van der Waals surface area (Å²) in [7, 11) is 1.70. The number of rotatable bonds is 3. The molecule has 8 nitrogen and oxygen atoms in total. The number of tetrazole rings is 1. The average Bonchev–Trinajstić information content (AvgIpc) is 2.93. The number of hydrogen-bond acceptors (Lipinski definition) is 6. The second-order valence-corrected chi connectivity index (χ2v) is 6.21. The molecule has 0 radical (unpaired) electrons. The van der Waals surface area contributed by atoms with Crippen molar-refractivity contribution in [2.45, 2.75) is 24.9 Å². The second-order valence-electron chi connectivity index (χ2n) is 6.21. The molecule has 1 aromatic carbocycles. The number of benzene rings is 1. The first-order valence-corrected chi connectivity index (χ1v) is 7.98. The van der Waals surface area contributed by atoms with E-state index in [4.69, 9.17) is 0 Å². The number of hydrogen-bond donors (Lipinski definition) is 2. The van der Waals surface area contributed by atoms with E-state index < -0.39 is 5.60 Å². The monoisotopic (exact) mass is 331 g/mol. The first-order valence-electron chi connectivity index (χ1n) is 7.98. The maximum Gasteiger partial charge on any atom is 0.253 e. The third-order valence-electron chi connectivity index (χ3n) is 4.40. The molecule has 3 rings (SSSR count). The number of aliphatic hydroxyl groups is 2. The van der Waals surface area contributed by atoms with Crippen LogP contribution in [-0.2, 0) is 7.05 Å². The fourth-order valence-electron chi connectivity index (χ4n) is 2.88. The molecule has 0 saturated carbocycles. The lowest BCUT2D eigenvalue weighted by Crippen LogP contribution is -2.36. The zero-order valence-corrected chi connectivity index (χ0v) is 13.6. The van der Waals surface area contributed by atoms with Gasteiger partial charge in [0, 0.05) is 24.2 Å². The Kier molecular flexibility index (Phi) is 4.59. The molecule has 1 aromatic heterocycles. The van der Waals surface area contributed by atoms with Crippen LogP contribution in [0.15, 0.2) is 24.3 Å². The Balaban J connectivity index is 1.71. The van der Waals surface area contributed by atoms with Crippen molar-refractivity contribution in [1.29, 1.82) is 0 Å². The summed E-state index contributed by atoms with van der Waals surface area (Å²) in [6, 6.07) is 7.09. The summed E-state index contributed by atoms with van der Waals surface area (Å²) in [4.78, 5) is 15.7. The summed E-state index contributed by atoms with van der Waals surface area (Å²) in [5, 5.41) is 31.3. The molecule has 24 heavy (non-hydrogen) atoms. The predicted molar refractivity (Wildman–Crippen MR) is 86.0 cm³/mol. The first-order chi connectivity index (χ1) is 11.5. The van der Waals surface area contributed by atoms with Crippen LogP contribution in [-0.4, -0.2) is 66.5 Å². The van der Waals surface area contributed by atoms with E-state index in [-0.39, 0.29) is 12.5 Å². The van der Waals surface area contributed by atoms with Crippen molar-refractivity contribution >= 4 is 5.91 Å².